The number of esters is 1. The van der Waals surface area contributed by atoms with E-state index < -0.39 is 36.6 Å². The van der Waals surface area contributed by atoms with Crippen LogP contribution in [0.25, 0.3) is 0 Å². The lowest BCUT2D eigenvalue weighted by Gasteiger charge is -2.32. The molecule has 31 heavy (non-hydrogen) atoms. The number of hydrogen-bond donors (Lipinski definition) is 0. The summed E-state index contributed by atoms with van der Waals surface area (Å²) in [6.07, 6.45) is 3.60. The van der Waals surface area contributed by atoms with E-state index in [0.29, 0.717) is 6.61 Å². The molecule has 1 aromatic heterocycles. The zero-order valence-electron chi connectivity index (χ0n) is 20.3. The minimum Gasteiger partial charge on any atom is -0.466 e. The fraction of sp³-hybridized carbons (Fsp3) is 0.727. The lowest BCUT2D eigenvalue weighted by molar-refractivity contribution is -0.143. The number of nitrogens with zero attached hydrogens (tertiary/aromatic N) is 1. The van der Waals surface area contributed by atoms with Crippen LogP contribution in [0, 0.1) is 0 Å². The van der Waals surface area contributed by atoms with Gasteiger partial charge in [0.1, 0.15) is 0 Å². The molecule has 0 amide bonds. The van der Waals surface area contributed by atoms with Crippen LogP contribution in [0.4, 0.5) is 0 Å². The summed E-state index contributed by atoms with van der Waals surface area (Å²) in [5.74, 6) is -0.682. The van der Waals surface area contributed by atoms with E-state index in [4.69, 9.17) is 23.4 Å². The van der Waals surface area contributed by atoms with Gasteiger partial charge in [0.15, 0.2) is 0 Å². The van der Waals surface area contributed by atoms with Crippen molar-refractivity contribution in [3.05, 3.63) is 24.0 Å². The van der Waals surface area contributed by atoms with Gasteiger partial charge in [0.25, 0.3) is 0 Å². The SMILES string of the molecule is CCOC(=O)CC(B1OC(C)(C)C(C)(C)O1)c1cncc(B2OC(C)(C)C(C)(C)O2)c1. The van der Waals surface area contributed by atoms with Gasteiger partial charge in [-0.15, -0.1) is 0 Å². The second-order valence-electron chi connectivity index (χ2n) is 10.4. The monoisotopic (exact) mass is 431 g/mol. The van der Waals surface area contributed by atoms with Crippen molar-refractivity contribution in [2.45, 2.75) is 97.0 Å². The quantitative estimate of drug-likeness (QED) is 0.506. The van der Waals surface area contributed by atoms with E-state index in [1.54, 1.807) is 19.3 Å². The molecule has 0 aromatic carbocycles. The first-order chi connectivity index (χ1) is 14.2. The maximum absolute atomic E-state index is 12.4. The molecule has 1 aromatic rings. The Morgan fingerprint density at radius 3 is 1.97 bits per heavy atom. The van der Waals surface area contributed by atoms with Gasteiger partial charge in [0.2, 0.25) is 0 Å². The first kappa shape index (κ1) is 24.2. The van der Waals surface area contributed by atoms with Crippen LogP contribution < -0.4 is 5.46 Å². The molecule has 1 atom stereocenters. The molecule has 3 heterocycles. The van der Waals surface area contributed by atoms with Crippen LogP contribution in [0.3, 0.4) is 0 Å². The van der Waals surface area contributed by atoms with Gasteiger partial charge in [-0.2, -0.15) is 0 Å². The molecular formula is C22H35B2NO6. The average molecular weight is 431 g/mol. The van der Waals surface area contributed by atoms with Crippen molar-refractivity contribution in [1.82, 2.24) is 4.98 Å². The summed E-state index contributed by atoms with van der Waals surface area (Å²) in [6.45, 7) is 18.1. The lowest BCUT2D eigenvalue weighted by Crippen LogP contribution is -2.41. The van der Waals surface area contributed by atoms with Crippen LogP contribution in [0.5, 0.6) is 0 Å². The highest BCUT2D eigenvalue weighted by Crippen LogP contribution is 2.42. The molecule has 2 saturated heterocycles. The Morgan fingerprint density at radius 2 is 1.45 bits per heavy atom. The molecule has 0 bridgehead atoms. The lowest BCUT2D eigenvalue weighted by atomic mass is 9.65. The van der Waals surface area contributed by atoms with Gasteiger partial charge in [-0.1, -0.05) is 6.07 Å². The van der Waals surface area contributed by atoms with Gasteiger partial charge < -0.3 is 23.4 Å². The summed E-state index contributed by atoms with van der Waals surface area (Å²) in [5, 5.41) is 0. The minimum absolute atomic E-state index is 0.124. The summed E-state index contributed by atoms with van der Waals surface area (Å²) in [5.41, 5.74) is -0.323. The second kappa shape index (κ2) is 8.18. The Bertz CT molecular complexity index is 794. The molecule has 170 valence electrons. The number of rotatable bonds is 6. The molecule has 9 heteroatoms. The number of aromatic nitrogens is 1. The molecule has 7 nitrogen and oxygen atoms in total. The molecule has 2 fully saturated rings. The van der Waals surface area contributed by atoms with Crippen LogP contribution >= 0.6 is 0 Å². The molecular weight excluding hydrogens is 396 g/mol. The van der Waals surface area contributed by atoms with Gasteiger partial charge in [0.05, 0.1) is 35.4 Å². The number of hydrogen-bond acceptors (Lipinski definition) is 7. The highest BCUT2D eigenvalue weighted by Gasteiger charge is 2.55. The zero-order valence-corrected chi connectivity index (χ0v) is 20.3. The Balaban J connectivity index is 1.92. The number of carbonyl (C=O) groups excluding carboxylic acids is 1. The first-order valence-electron chi connectivity index (χ1n) is 11.0. The Morgan fingerprint density at radius 1 is 0.935 bits per heavy atom. The average Bonchev–Trinajstić information content (AvgIpc) is 2.99. The fourth-order valence-electron chi connectivity index (χ4n) is 3.61. The van der Waals surface area contributed by atoms with Gasteiger partial charge >= 0.3 is 20.2 Å². The van der Waals surface area contributed by atoms with Crippen LogP contribution in [0.2, 0.25) is 0 Å². The van der Waals surface area contributed by atoms with E-state index in [1.165, 1.54) is 0 Å². The number of pyridine rings is 1. The summed E-state index contributed by atoms with van der Waals surface area (Å²) >= 11 is 0. The van der Waals surface area contributed by atoms with Gasteiger partial charge in [0, 0.05) is 23.7 Å². The Hall–Kier alpha value is -1.41. The number of ether oxygens (including phenoxy) is 1. The van der Waals surface area contributed by atoms with Crippen molar-refractivity contribution in [1.29, 1.82) is 0 Å². The Kier molecular flexibility index (Phi) is 6.39. The minimum atomic E-state index is -0.607. The van der Waals surface area contributed by atoms with Crippen molar-refractivity contribution in [2.24, 2.45) is 0 Å². The van der Waals surface area contributed by atoms with E-state index in [9.17, 15) is 4.79 Å². The highest BCUT2D eigenvalue weighted by molar-refractivity contribution is 6.62. The van der Waals surface area contributed by atoms with Gasteiger partial charge in [-0.05, 0) is 67.9 Å². The van der Waals surface area contributed by atoms with Crippen molar-refractivity contribution in [2.75, 3.05) is 6.61 Å². The topological polar surface area (TPSA) is 76.1 Å². The van der Waals surface area contributed by atoms with Gasteiger partial charge in [-0.3, -0.25) is 9.78 Å². The van der Waals surface area contributed by atoms with Crippen LogP contribution in [0.1, 0.15) is 80.1 Å². The van der Waals surface area contributed by atoms with Crippen LogP contribution in [-0.2, 0) is 28.1 Å². The summed E-state index contributed by atoms with van der Waals surface area (Å²) in [4.78, 5) is 16.8. The highest BCUT2D eigenvalue weighted by atomic mass is 16.7. The number of carbonyl (C=O) groups is 1. The maximum Gasteiger partial charge on any atom is 0.496 e. The Labute approximate surface area is 186 Å². The molecule has 0 aliphatic carbocycles. The molecule has 2 aliphatic rings. The van der Waals surface area contributed by atoms with E-state index in [1.807, 2.05) is 61.5 Å². The summed E-state index contributed by atoms with van der Waals surface area (Å²) in [7, 11) is -1.15. The van der Waals surface area contributed by atoms with E-state index in [2.05, 4.69) is 4.98 Å². The van der Waals surface area contributed by atoms with Crippen molar-refractivity contribution in [3.63, 3.8) is 0 Å². The second-order valence-corrected chi connectivity index (χ2v) is 10.4. The molecule has 0 spiro atoms. The molecule has 2 aliphatic heterocycles. The third kappa shape index (κ3) is 4.70. The maximum atomic E-state index is 12.4. The summed E-state index contributed by atoms with van der Waals surface area (Å²) in [6, 6.07) is 1.96. The largest absolute Gasteiger partial charge is 0.496 e. The van der Waals surface area contributed by atoms with Gasteiger partial charge in [-0.25, -0.2) is 0 Å². The molecule has 0 N–H and O–H groups in total. The third-order valence-electron chi connectivity index (χ3n) is 7.03. The van der Waals surface area contributed by atoms with E-state index in [0.717, 1.165) is 11.0 Å². The predicted octanol–water partition coefficient (Wildman–Crippen LogP) is 3.05. The zero-order chi connectivity index (χ0) is 23.2. The fourth-order valence-corrected chi connectivity index (χ4v) is 3.61. The van der Waals surface area contributed by atoms with E-state index in [-0.39, 0.29) is 18.2 Å². The van der Waals surface area contributed by atoms with Crippen LogP contribution in [0.15, 0.2) is 18.5 Å². The van der Waals surface area contributed by atoms with Crippen molar-refractivity contribution >= 4 is 25.7 Å². The first-order valence-corrected chi connectivity index (χ1v) is 11.0. The summed E-state index contributed by atoms with van der Waals surface area (Å²) < 4.78 is 30.1. The van der Waals surface area contributed by atoms with Crippen molar-refractivity contribution < 1.29 is 28.1 Å². The van der Waals surface area contributed by atoms with E-state index >= 15 is 0 Å². The predicted molar refractivity (Wildman–Crippen MR) is 120 cm³/mol. The molecule has 3 rings (SSSR count). The normalized spacial score (nSPS) is 24.3. The third-order valence-corrected chi connectivity index (χ3v) is 7.03. The smallest absolute Gasteiger partial charge is 0.466 e. The van der Waals surface area contributed by atoms with Crippen molar-refractivity contribution in [3.8, 4) is 0 Å². The van der Waals surface area contributed by atoms with Crippen LogP contribution in [-0.4, -0.2) is 54.2 Å². The standard InChI is InChI=1S/C22H35B2NO6/c1-10-27-18(26)12-17(24-30-21(6,7)22(8,9)31-24)15-11-16(14-25-13-15)23-28-19(2,3)20(4,5)29-23/h11,13-14,17H,10,12H2,1-9H3. The molecule has 1 unspecified atom stereocenters. The molecule has 0 saturated carbocycles. The molecule has 0 radical (unpaired) electrons.